The fourth-order valence-electron chi connectivity index (χ4n) is 4.50. The van der Waals surface area contributed by atoms with Crippen LogP contribution in [0.3, 0.4) is 0 Å². The Morgan fingerprint density at radius 2 is 0.950 bits per heavy atom. The summed E-state index contributed by atoms with van der Waals surface area (Å²) in [6, 6.07) is 0. The van der Waals surface area contributed by atoms with E-state index < -0.39 is 10.4 Å². The molecule has 0 spiro atoms. The van der Waals surface area contributed by atoms with Gasteiger partial charge in [-0.15, -0.1) is 0 Å². The molecule has 0 radical (unpaired) electrons. The van der Waals surface area contributed by atoms with Crippen LogP contribution in [0.25, 0.3) is 0 Å². The van der Waals surface area contributed by atoms with Crippen LogP contribution in [0.2, 0.25) is 0 Å². The first kappa shape index (κ1) is 39.7. The summed E-state index contributed by atoms with van der Waals surface area (Å²) in [6.07, 6.45) is 18.6. The maximum atomic E-state index is 10.7. The van der Waals surface area contributed by atoms with E-state index in [0.717, 1.165) is 58.2 Å². The van der Waals surface area contributed by atoms with Crippen molar-refractivity contribution in [2.75, 3.05) is 73.2 Å². The summed E-state index contributed by atoms with van der Waals surface area (Å²) >= 11 is 0. The molecule has 0 aliphatic rings. The highest BCUT2D eigenvalue weighted by molar-refractivity contribution is 7.80. The summed E-state index contributed by atoms with van der Waals surface area (Å²) in [5, 5.41) is 0. The molecule has 1 atom stereocenters. The molecule has 0 aromatic rings. The molecular weight excluding hydrogens is 536 g/mol. The van der Waals surface area contributed by atoms with Crippen molar-refractivity contribution < 1.29 is 40.8 Å². The Labute approximate surface area is 246 Å². The van der Waals surface area contributed by atoms with Crippen LogP contribution >= 0.6 is 0 Å². The molecule has 0 rings (SSSR count). The van der Waals surface area contributed by atoms with Gasteiger partial charge in [0.1, 0.15) is 0 Å². The molecule has 0 aromatic carbocycles. The van der Waals surface area contributed by atoms with Gasteiger partial charge in [0, 0.05) is 32.3 Å². The highest BCUT2D eigenvalue weighted by Crippen LogP contribution is 2.28. The molecule has 0 N–H and O–H groups in total. The number of ether oxygens (including phenoxy) is 5. The van der Waals surface area contributed by atoms with Crippen molar-refractivity contribution in [1.82, 2.24) is 0 Å². The van der Waals surface area contributed by atoms with E-state index in [-0.39, 0.29) is 18.6 Å². The largest absolute Gasteiger partial charge is 0.726 e. The third kappa shape index (κ3) is 27.8. The van der Waals surface area contributed by atoms with Crippen LogP contribution in [0.15, 0.2) is 0 Å². The highest BCUT2D eigenvalue weighted by Gasteiger charge is 2.31. The van der Waals surface area contributed by atoms with Gasteiger partial charge in [-0.3, -0.25) is 4.18 Å². The van der Waals surface area contributed by atoms with Gasteiger partial charge >= 0.3 is 0 Å². The Kier molecular flexibility index (Phi) is 28.5. The third-order valence-electron chi connectivity index (χ3n) is 6.89. The number of rotatable bonds is 33. The Morgan fingerprint density at radius 1 is 0.525 bits per heavy atom. The van der Waals surface area contributed by atoms with Crippen molar-refractivity contribution in [3.05, 3.63) is 0 Å². The van der Waals surface area contributed by atoms with Crippen LogP contribution in [0.5, 0.6) is 0 Å². The number of unbranched alkanes of at least 4 members (excludes halogenated alkanes) is 12. The number of methoxy groups -OCH3 is 1. The molecule has 40 heavy (non-hydrogen) atoms. The maximum Gasteiger partial charge on any atom is 0.217 e. The molecule has 10 heteroatoms. The van der Waals surface area contributed by atoms with Crippen LogP contribution < -0.4 is 0 Å². The Balaban J connectivity index is 4.72. The van der Waals surface area contributed by atoms with Gasteiger partial charge in [-0.2, -0.15) is 0 Å². The first-order valence-electron chi connectivity index (χ1n) is 15.8. The Bertz CT molecular complexity index is 592. The summed E-state index contributed by atoms with van der Waals surface area (Å²) in [7, 11) is -3.09. The lowest BCUT2D eigenvalue weighted by Gasteiger charge is -2.33. The van der Waals surface area contributed by atoms with Crippen molar-refractivity contribution in [3.63, 3.8) is 0 Å². The lowest BCUT2D eigenvalue weighted by molar-refractivity contribution is -0.0825. The van der Waals surface area contributed by atoms with Crippen molar-refractivity contribution in [2.45, 2.75) is 117 Å². The Morgan fingerprint density at radius 3 is 1.50 bits per heavy atom. The zero-order valence-electron chi connectivity index (χ0n) is 26.0. The average molecular weight is 598 g/mol. The summed E-state index contributed by atoms with van der Waals surface area (Å²) < 4.78 is 65.3. The van der Waals surface area contributed by atoms with Gasteiger partial charge in [0.2, 0.25) is 10.4 Å². The first-order valence-corrected chi connectivity index (χ1v) is 17.1. The quantitative estimate of drug-likeness (QED) is 0.0479. The standard InChI is InChI=1S/C30H62O9S/c1-4-6-8-9-10-11-13-18-22-36-27-30(28-37-24-23-34-3,29-38-25-26-39-40(31,32)33)19-15-12-14-17-21-35-20-16-7-5-2/h4-29H2,1-3H3,(H,31,32,33)/p-1/t30-/m0/s1. The van der Waals surface area contributed by atoms with Gasteiger partial charge in [-0.1, -0.05) is 90.9 Å². The van der Waals surface area contributed by atoms with Gasteiger partial charge in [0.15, 0.2) is 0 Å². The third-order valence-corrected chi connectivity index (χ3v) is 7.35. The van der Waals surface area contributed by atoms with E-state index in [4.69, 9.17) is 23.7 Å². The second-order valence-corrected chi connectivity index (χ2v) is 11.9. The van der Waals surface area contributed by atoms with Gasteiger partial charge in [-0.05, 0) is 25.7 Å². The highest BCUT2D eigenvalue weighted by atomic mass is 32.3. The van der Waals surface area contributed by atoms with Crippen LogP contribution in [0.1, 0.15) is 117 Å². The van der Waals surface area contributed by atoms with Crippen molar-refractivity contribution >= 4 is 10.4 Å². The van der Waals surface area contributed by atoms with E-state index in [1.807, 2.05) is 0 Å². The SMILES string of the molecule is CCCCCCCCCCOC[C@@](CCCCCCOCCCCC)(COCCOC)COCCOS(=O)(=O)[O-]. The van der Waals surface area contributed by atoms with Gasteiger partial charge in [-0.25, -0.2) is 8.42 Å². The molecule has 0 aromatic heterocycles. The summed E-state index contributed by atoms with van der Waals surface area (Å²) in [5.74, 6) is 0. The minimum Gasteiger partial charge on any atom is -0.726 e. The lowest BCUT2D eigenvalue weighted by Crippen LogP contribution is -2.38. The maximum absolute atomic E-state index is 10.7. The lowest BCUT2D eigenvalue weighted by atomic mass is 9.84. The second-order valence-electron chi connectivity index (χ2n) is 10.8. The fraction of sp³-hybridized carbons (Fsp3) is 1.00. The molecule has 0 aliphatic carbocycles. The zero-order valence-corrected chi connectivity index (χ0v) is 26.8. The van der Waals surface area contributed by atoms with Gasteiger partial charge in [0.05, 0.1) is 46.2 Å². The van der Waals surface area contributed by atoms with Gasteiger partial charge in [0.25, 0.3) is 0 Å². The van der Waals surface area contributed by atoms with E-state index in [0.29, 0.717) is 39.6 Å². The number of hydrogen-bond donors (Lipinski definition) is 0. The zero-order chi connectivity index (χ0) is 29.6. The van der Waals surface area contributed by atoms with Crippen LogP contribution in [0.4, 0.5) is 0 Å². The molecule has 0 saturated heterocycles. The van der Waals surface area contributed by atoms with Crippen LogP contribution in [0, 0.1) is 5.41 Å². The molecule has 0 heterocycles. The monoisotopic (exact) mass is 597 g/mol. The smallest absolute Gasteiger partial charge is 0.217 e. The summed E-state index contributed by atoms with van der Waals surface area (Å²) in [6.45, 7) is 8.75. The molecule has 0 unspecified atom stereocenters. The molecular formula is C30H61O9S-. The van der Waals surface area contributed by atoms with Gasteiger partial charge < -0.3 is 28.2 Å². The van der Waals surface area contributed by atoms with E-state index in [1.165, 1.54) is 57.8 Å². The molecule has 0 aliphatic heterocycles. The Hall–Kier alpha value is -0.330. The molecule has 0 amide bonds. The minimum absolute atomic E-state index is 0.00862. The van der Waals surface area contributed by atoms with Crippen LogP contribution in [-0.2, 0) is 38.3 Å². The van der Waals surface area contributed by atoms with Crippen molar-refractivity contribution in [1.29, 1.82) is 0 Å². The van der Waals surface area contributed by atoms with Crippen LogP contribution in [-0.4, -0.2) is 86.1 Å². The summed E-state index contributed by atoms with van der Waals surface area (Å²) in [5.41, 5.74) is -0.374. The van der Waals surface area contributed by atoms with Crippen molar-refractivity contribution in [3.8, 4) is 0 Å². The van der Waals surface area contributed by atoms with Crippen molar-refractivity contribution in [2.24, 2.45) is 5.41 Å². The molecule has 9 nitrogen and oxygen atoms in total. The topological polar surface area (TPSA) is 113 Å². The average Bonchev–Trinajstić information content (AvgIpc) is 2.92. The molecule has 0 saturated carbocycles. The summed E-state index contributed by atoms with van der Waals surface area (Å²) in [4.78, 5) is 0. The second kappa shape index (κ2) is 28.8. The molecule has 0 bridgehead atoms. The van der Waals surface area contributed by atoms with E-state index in [9.17, 15) is 13.0 Å². The normalized spacial score (nSPS) is 13.6. The predicted molar refractivity (Wildman–Crippen MR) is 158 cm³/mol. The predicted octanol–water partition coefficient (Wildman–Crippen LogP) is 6.44. The van der Waals surface area contributed by atoms with E-state index >= 15 is 0 Å². The molecule has 0 fully saturated rings. The minimum atomic E-state index is -4.73. The first-order chi connectivity index (χ1) is 19.4. The fourth-order valence-corrected chi connectivity index (χ4v) is 4.77. The van der Waals surface area contributed by atoms with E-state index in [2.05, 4.69) is 18.0 Å². The van der Waals surface area contributed by atoms with E-state index in [1.54, 1.807) is 7.11 Å². The molecule has 242 valence electrons. The number of hydrogen-bond acceptors (Lipinski definition) is 9.